The standard InChI is InChI=1S/C9H10N2S/c10-4-6-5-12-9-2-1-7(11)3-8(6)9/h5,7H,1-3,11H2. The fourth-order valence-electron chi connectivity index (χ4n) is 1.63. The molecule has 0 saturated heterocycles. The molecule has 1 atom stereocenters. The molecular formula is C9H10N2S. The van der Waals surface area contributed by atoms with E-state index in [-0.39, 0.29) is 6.04 Å². The highest BCUT2D eigenvalue weighted by Gasteiger charge is 2.19. The lowest BCUT2D eigenvalue weighted by Crippen LogP contribution is -2.27. The van der Waals surface area contributed by atoms with Gasteiger partial charge < -0.3 is 5.73 Å². The predicted octanol–water partition coefficient (Wildman–Crippen LogP) is 1.44. The number of nitrogens with two attached hydrogens (primary N) is 1. The quantitative estimate of drug-likeness (QED) is 0.653. The van der Waals surface area contributed by atoms with Crippen molar-refractivity contribution in [3.05, 3.63) is 21.4 Å². The monoisotopic (exact) mass is 178 g/mol. The van der Waals surface area contributed by atoms with Crippen LogP contribution < -0.4 is 5.73 Å². The lowest BCUT2D eigenvalue weighted by Gasteiger charge is -2.17. The van der Waals surface area contributed by atoms with E-state index in [1.807, 2.05) is 5.38 Å². The predicted molar refractivity (Wildman–Crippen MR) is 49.0 cm³/mol. The number of nitriles is 1. The molecule has 0 spiro atoms. The molecule has 0 aliphatic heterocycles. The van der Waals surface area contributed by atoms with E-state index in [9.17, 15) is 0 Å². The van der Waals surface area contributed by atoms with Crippen LogP contribution >= 0.6 is 11.3 Å². The highest BCUT2D eigenvalue weighted by atomic mass is 32.1. The minimum absolute atomic E-state index is 0.263. The average Bonchev–Trinajstić information content (AvgIpc) is 2.46. The molecule has 0 bridgehead atoms. The Balaban J connectivity index is 2.42. The number of nitrogens with zero attached hydrogens (tertiary/aromatic N) is 1. The molecule has 2 nitrogen and oxygen atoms in total. The van der Waals surface area contributed by atoms with E-state index < -0.39 is 0 Å². The number of fused-ring (bicyclic) bond motifs is 1. The second-order valence-electron chi connectivity index (χ2n) is 3.17. The van der Waals surface area contributed by atoms with Crippen molar-refractivity contribution < 1.29 is 0 Å². The largest absolute Gasteiger partial charge is 0.327 e. The average molecular weight is 178 g/mol. The Labute approximate surface area is 75.6 Å². The van der Waals surface area contributed by atoms with E-state index in [2.05, 4.69) is 6.07 Å². The summed E-state index contributed by atoms with van der Waals surface area (Å²) in [5.74, 6) is 0. The molecule has 2 rings (SSSR count). The molecule has 0 fully saturated rings. The molecule has 0 radical (unpaired) electrons. The molecule has 1 heterocycles. The van der Waals surface area contributed by atoms with Gasteiger partial charge in [0.25, 0.3) is 0 Å². The normalized spacial score (nSPS) is 21.5. The molecule has 0 amide bonds. The SMILES string of the molecule is N#Cc1csc2c1CC(N)CC2. The Morgan fingerprint density at radius 2 is 2.50 bits per heavy atom. The molecule has 3 heteroatoms. The highest BCUT2D eigenvalue weighted by Crippen LogP contribution is 2.29. The van der Waals surface area contributed by atoms with Crippen LogP contribution in [0.4, 0.5) is 0 Å². The number of thiophene rings is 1. The van der Waals surface area contributed by atoms with Crippen molar-refractivity contribution in [2.75, 3.05) is 0 Å². The molecule has 2 N–H and O–H groups in total. The molecule has 1 aromatic rings. The van der Waals surface area contributed by atoms with Crippen molar-refractivity contribution >= 4 is 11.3 Å². The van der Waals surface area contributed by atoms with Gasteiger partial charge in [-0.15, -0.1) is 11.3 Å². The molecule has 0 aromatic carbocycles. The van der Waals surface area contributed by atoms with Gasteiger partial charge in [0.1, 0.15) is 6.07 Å². The summed E-state index contributed by atoms with van der Waals surface area (Å²) in [4.78, 5) is 1.37. The summed E-state index contributed by atoms with van der Waals surface area (Å²) < 4.78 is 0. The van der Waals surface area contributed by atoms with Crippen LogP contribution in [-0.2, 0) is 12.8 Å². The molecule has 12 heavy (non-hydrogen) atoms. The van der Waals surface area contributed by atoms with Crippen LogP contribution in [0.1, 0.15) is 22.4 Å². The van der Waals surface area contributed by atoms with Crippen LogP contribution in [0.15, 0.2) is 5.38 Å². The minimum Gasteiger partial charge on any atom is -0.327 e. The van der Waals surface area contributed by atoms with Crippen molar-refractivity contribution in [1.82, 2.24) is 0 Å². The molecule has 1 aliphatic rings. The van der Waals surface area contributed by atoms with Crippen molar-refractivity contribution in [2.24, 2.45) is 5.73 Å². The fraction of sp³-hybridized carbons (Fsp3) is 0.444. The second kappa shape index (κ2) is 2.89. The van der Waals surface area contributed by atoms with Gasteiger partial charge in [0.05, 0.1) is 5.56 Å². The van der Waals surface area contributed by atoms with Crippen LogP contribution in [0.25, 0.3) is 0 Å². The van der Waals surface area contributed by atoms with E-state index in [0.717, 1.165) is 24.8 Å². The second-order valence-corrected chi connectivity index (χ2v) is 4.13. The van der Waals surface area contributed by atoms with Gasteiger partial charge in [0.2, 0.25) is 0 Å². The summed E-state index contributed by atoms with van der Waals surface area (Å²) in [5.41, 5.74) is 7.88. The van der Waals surface area contributed by atoms with Gasteiger partial charge in [-0.05, 0) is 24.8 Å². The fourth-order valence-corrected chi connectivity index (χ4v) is 2.66. The topological polar surface area (TPSA) is 49.8 Å². The number of aryl methyl sites for hydroxylation is 1. The van der Waals surface area contributed by atoms with Crippen LogP contribution in [0.2, 0.25) is 0 Å². The Hall–Kier alpha value is -0.850. The third kappa shape index (κ3) is 1.13. The lowest BCUT2D eigenvalue weighted by molar-refractivity contribution is 0.582. The lowest BCUT2D eigenvalue weighted by atomic mass is 9.93. The third-order valence-electron chi connectivity index (χ3n) is 2.31. The van der Waals surface area contributed by atoms with E-state index >= 15 is 0 Å². The Morgan fingerprint density at radius 3 is 3.25 bits per heavy atom. The molecular weight excluding hydrogens is 168 g/mol. The highest BCUT2D eigenvalue weighted by molar-refractivity contribution is 7.10. The summed E-state index contributed by atoms with van der Waals surface area (Å²) >= 11 is 1.70. The maximum Gasteiger partial charge on any atom is 0.100 e. The zero-order valence-corrected chi connectivity index (χ0v) is 7.53. The van der Waals surface area contributed by atoms with Crippen LogP contribution in [-0.4, -0.2) is 6.04 Å². The van der Waals surface area contributed by atoms with Gasteiger partial charge in [-0.1, -0.05) is 0 Å². The Morgan fingerprint density at radius 1 is 1.67 bits per heavy atom. The first-order valence-electron chi connectivity index (χ1n) is 4.06. The van der Waals surface area contributed by atoms with Crippen LogP contribution in [0.3, 0.4) is 0 Å². The van der Waals surface area contributed by atoms with E-state index in [1.165, 1.54) is 10.4 Å². The summed E-state index contributed by atoms with van der Waals surface area (Å²) in [6.45, 7) is 0. The molecule has 1 aliphatic carbocycles. The van der Waals surface area contributed by atoms with Crippen molar-refractivity contribution in [2.45, 2.75) is 25.3 Å². The number of hydrogen-bond acceptors (Lipinski definition) is 3. The summed E-state index contributed by atoms with van der Waals surface area (Å²) in [6.07, 6.45) is 3.02. The zero-order chi connectivity index (χ0) is 8.55. The van der Waals surface area contributed by atoms with Gasteiger partial charge in [0.15, 0.2) is 0 Å². The maximum atomic E-state index is 8.78. The van der Waals surface area contributed by atoms with E-state index in [0.29, 0.717) is 0 Å². The zero-order valence-electron chi connectivity index (χ0n) is 6.71. The van der Waals surface area contributed by atoms with Gasteiger partial charge >= 0.3 is 0 Å². The molecule has 62 valence electrons. The molecule has 0 saturated carbocycles. The molecule has 1 aromatic heterocycles. The van der Waals surface area contributed by atoms with Crippen LogP contribution in [0.5, 0.6) is 0 Å². The van der Waals surface area contributed by atoms with Gasteiger partial charge in [-0.25, -0.2) is 0 Å². The molecule has 1 unspecified atom stereocenters. The first-order valence-corrected chi connectivity index (χ1v) is 4.94. The van der Waals surface area contributed by atoms with Crippen molar-refractivity contribution in [3.8, 4) is 6.07 Å². The van der Waals surface area contributed by atoms with Gasteiger partial charge in [-0.2, -0.15) is 5.26 Å². The van der Waals surface area contributed by atoms with Crippen molar-refractivity contribution in [3.63, 3.8) is 0 Å². The van der Waals surface area contributed by atoms with Crippen molar-refractivity contribution in [1.29, 1.82) is 5.26 Å². The van der Waals surface area contributed by atoms with E-state index in [4.69, 9.17) is 11.0 Å². The first-order chi connectivity index (χ1) is 5.81. The number of hydrogen-bond donors (Lipinski definition) is 1. The Bertz CT molecular complexity index is 335. The summed E-state index contributed by atoms with van der Waals surface area (Å²) in [7, 11) is 0. The van der Waals surface area contributed by atoms with Gasteiger partial charge in [0, 0.05) is 16.3 Å². The van der Waals surface area contributed by atoms with E-state index in [1.54, 1.807) is 11.3 Å². The minimum atomic E-state index is 0.263. The van der Waals surface area contributed by atoms with Gasteiger partial charge in [-0.3, -0.25) is 0 Å². The maximum absolute atomic E-state index is 8.78. The first kappa shape index (κ1) is 7.78. The smallest absolute Gasteiger partial charge is 0.100 e. The Kier molecular flexibility index (Phi) is 1.87. The third-order valence-corrected chi connectivity index (χ3v) is 3.40. The number of rotatable bonds is 0. The summed E-state index contributed by atoms with van der Waals surface area (Å²) in [6, 6.07) is 2.47. The summed E-state index contributed by atoms with van der Waals surface area (Å²) in [5, 5.41) is 10.7. The van der Waals surface area contributed by atoms with Crippen LogP contribution in [0, 0.1) is 11.3 Å².